The van der Waals surface area contributed by atoms with Gasteiger partial charge in [0.25, 0.3) is 0 Å². The Labute approximate surface area is 54.2 Å². The first-order valence-corrected chi connectivity index (χ1v) is 2.72. The smallest absolute Gasteiger partial charge is 0.111 e. The summed E-state index contributed by atoms with van der Waals surface area (Å²) in [6.07, 6.45) is 3.35. The van der Waals surface area contributed by atoms with Crippen LogP contribution in [0.4, 0.5) is 0 Å². The predicted octanol–water partition coefficient (Wildman–Crippen LogP) is 1.27. The summed E-state index contributed by atoms with van der Waals surface area (Å²) in [5, 5.41) is 8.50. The molecule has 0 bridgehead atoms. The molecule has 0 aliphatic heterocycles. The van der Waals surface area contributed by atoms with Gasteiger partial charge in [-0.3, -0.25) is 4.98 Å². The number of hydrogen-bond donors (Lipinski definition) is 1. The van der Waals surface area contributed by atoms with Crippen LogP contribution in [0.15, 0.2) is 18.5 Å². The lowest BCUT2D eigenvalue weighted by molar-refractivity contribution is 0.414. The predicted molar refractivity (Wildman–Crippen MR) is 34.3 cm³/mol. The van der Waals surface area contributed by atoms with Crippen LogP contribution in [0, 0.1) is 13.5 Å². The van der Waals surface area contributed by atoms with Crippen LogP contribution in [-0.4, -0.2) is 10.1 Å². The standard InChI is InChI=1S/C7H8NO/c1-6-2-7(5-9)4-8-3-6/h2-5,9H,1H3. The minimum atomic E-state index is 0.745. The molecule has 1 aromatic rings. The fourth-order valence-electron chi connectivity index (χ4n) is 0.649. The zero-order valence-corrected chi connectivity index (χ0v) is 5.20. The molecule has 0 saturated heterocycles. The molecule has 0 spiro atoms. The van der Waals surface area contributed by atoms with Crippen molar-refractivity contribution in [2.45, 2.75) is 6.92 Å². The minimum Gasteiger partial charge on any atom is -0.385 e. The zero-order chi connectivity index (χ0) is 6.69. The van der Waals surface area contributed by atoms with Crippen molar-refractivity contribution in [3.05, 3.63) is 36.2 Å². The Bertz CT molecular complexity index is 198. The fourth-order valence-corrected chi connectivity index (χ4v) is 0.649. The van der Waals surface area contributed by atoms with Crippen molar-refractivity contribution >= 4 is 0 Å². The summed E-state index contributed by atoms with van der Waals surface area (Å²) < 4.78 is 0. The number of pyridine rings is 1. The van der Waals surface area contributed by atoms with Gasteiger partial charge in [-0.2, -0.15) is 0 Å². The number of nitrogens with zero attached hydrogens (tertiary/aromatic N) is 1. The molecular formula is C7H8NO. The number of hydrogen-bond acceptors (Lipinski definition) is 2. The Morgan fingerprint density at radius 3 is 2.78 bits per heavy atom. The highest BCUT2D eigenvalue weighted by Crippen LogP contribution is 2.00. The highest BCUT2D eigenvalue weighted by Gasteiger charge is 1.88. The molecule has 1 radical (unpaired) electrons. The van der Waals surface area contributed by atoms with Gasteiger partial charge in [0.05, 0.1) is 0 Å². The molecule has 1 rings (SSSR count). The average Bonchev–Trinajstić information content (AvgIpc) is 1.88. The van der Waals surface area contributed by atoms with Crippen LogP contribution in [0.25, 0.3) is 0 Å². The van der Waals surface area contributed by atoms with E-state index >= 15 is 0 Å². The SMILES string of the molecule is Cc1cncc([CH]O)c1. The van der Waals surface area contributed by atoms with Crippen LogP contribution in [0.3, 0.4) is 0 Å². The number of aliphatic hydroxyl groups excluding tert-OH is 1. The van der Waals surface area contributed by atoms with Gasteiger partial charge in [-0.15, -0.1) is 0 Å². The van der Waals surface area contributed by atoms with Gasteiger partial charge in [-0.25, -0.2) is 0 Å². The molecule has 2 nitrogen and oxygen atoms in total. The lowest BCUT2D eigenvalue weighted by atomic mass is 10.2. The van der Waals surface area contributed by atoms with Gasteiger partial charge in [-0.1, -0.05) is 6.07 Å². The monoisotopic (exact) mass is 122 g/mol. The quantitative estimate of drug-likeness (QED) is 0.608. The topological polar surface area (TPSA) is 33.1 Å². The first kappa shape index (κ1) is 6.23. The summed E-state index contributed by atoms with van der Waals surface area (Å²) in [6, 6.07) is 1.85. The molecule has 0 amide bonds. The fraction of sp³-hybridized carbons (Fsp3) is 0.143. The number of aromatic nitrogens is 1. The van der Waals surface area contributed by atoms with E-state index in [0.717, 1.165) is 17.7 Å². The largest absolute Gasteiger partial charge is 0.385 e. The van der Waals surface area contributed by atoms with E-state index in [4.69, 9.17) is 5.11 Å². The van der Waals surface area contributed by atoms with Gasteiger partial charge in [0.1, 0.15) is 6.61 Å². The maximum atomic E-state index is 8.50. The molecule has 0 aliphatic rings. The van der Waals surface area contributed by atoms with Gasteiger partial charge >= 0.3 is 0 Å². The van der Waals surface area contributed by atoms with Crippen molar-refractivity contribution in [2.75, 3.05) is 0 Å². The van der Waals surface area contributed by atoms with Gasteiger partial charge in [-0.05, 0) is 12.5 Å². The van der Waals surface area contributed by atoms with E-state index in [0.29, 0.717) is 0 Å². The molecule has 1 N–H and O–H groups in total. The third-order valence-electron chi connectivity index (χ3n) is 1.05. The average molecular weight is 122 g/mol. The lowest BCUT2D eigenvalue weighted by Crippen LogP contribution is -1.82. The highest BCUT2D eigenvalue weighted by molar-refractivity contribution is 5.20. The maximum Gasteiger partial charge on any atom is 0.111 e. The Balaban J connectivity index is 2.94. The zero-order valence-electron chi connectivity index (χ0n) is 5.20. The molecule has 2 heteroatoms. The van der Waals surface area contributed by atoms with Crippen molar-refractivity contribution < 1.29 is 5.11 Å². The first-order chi connectivity index (χ1) is 4.33. The van der Waals surface area contributed by atoms with Crippen LogP contribution in [0.2, 0.25) is 0 Å². The summed E-state index contributed by atoms with van der Waals surface area (Å²) in [6.45, 7) is 2.97. The second kappa shape index (κ2) is 2.60. The van der Waals surface area contributed by atoms with Crippen molar-refractivity contribution in [3.63, 3.8) is 0 Å². The Morgan fingerprint density at radius 1 is 1.56 bits per heavy atom. The molecular weight excluding hydrogens is 114 g/mol. The molecule has 1 aromatic heterocycles. The Kier molecular flexibility index (Phi) is 1.80. The van der Waals surface area contributed by atoms with Crippen molar-refractivity contribution in [2.24, 2.45) is 0 Å². The summed E-state index contributed by atoms with van der Waals surface area (Å²) >= 11 is 0. The molecule has 0 aliphatic carbocycles. The van der Waals surface area contributed by atoms with Crippen molar-refractivity contribution in [1.29, 1.82) is 0 Å². The Hall–Kier alpha value is -0.890. The first-order valence-electron chi connectivity index (χ1n) is 2.72. The summed E-state index contributed by atoms with van der Waals surface area (Å²) in [5.74, 6) is 0. The third kappa shape index (κ3) is 1.50. The van der Waals surface area contributed by atoms with Crippen molar-refractivity contribution in [1.82, 2.24) is 4.98 Å². The summed E-state index contributed by atoms with van der Waals surface area (Å²) in [4.78, 5) is 3.86. The lowest BCUT2D eigenvalue weighted by Gasteiger charge is -1.93. The minimum absolute atomic E-state index is 0.745. The number of aliphatic hydroxyl groups is 1. The van der Waals surface area contributed by atoms with Crippen LogP contribution >= 0.6 is 0 Å². The van der Waals surface area contributed by atoms with E-state index < -0.39 is 0 Å². The second-order valence-corrected chi connectivity index (χ2v) is 1.92. The van der Waals surface area contributed by atoms with E-state index in [1.54, 1.807) is 12.4 Å². The van der Waals surface area contributed by atoms with Crippen molar-refractivity contribution in [3.8, 4) is 0 Å². The molecule has 0 saturated carbocycles. The third-order valence-corrected chi connectivity index (χ3v) is 1.05. The molecule has 1 heterocycles. The number of rotatable bonds is 1. The molecule has 0 aromatic carbocycles. The second-order valence-electron chi connectivity index (χ2n) is 1.92. The van der Waals surface area contributed by atoms with Crippen LogP contribution in [0.5, 0.6) is 0 Å². The van der Waals surface area contributed by atoms with Gasteiger partial charge in [0.15, 0.2) is 0 Å². The normalized spacial score (nSPS) is 9.56. The Morgan fingerprint density at radius 2 is 2.33 bits per heavy atom. The highest BCUT2D eigenvalue weighted by atomic mass is 16.3. The van der Waals surface area contributed by atoms with Gasteiger partial charge < -0.3 is 5.11 Å². The van der Waals surface area contributed by atoms with E-state index in [-0.39, 0.29) is 0 Å². The van der Waals surface area contributed by atoms with E-state index in [9.17, 15) is 0 Å². The van der Waals surface area contributed by atoms with Crippen LogP contribution < -0.4 is 0 Å². The molecule has 47 valence electrons. The van der Waals surface area contributed by atoms with Crippen LogP contribution in [-0.2, 0) is 0 Å². The van der Waals surface area contributed by atoms with E-state index in [1.165, 1.54) is 0 Å². The van der Waals surface area contributed by atoms with Gasteiger partial charge in [0.2, 0.25) is 0 Å². The molecule has 9 heavy (non-hydrogen) atoms. The van der Waals surface area contributed by atoms with E-state index in [2.05, 4.69) is 4.98 Å². The molecule has 0 atom stereocenters. The number of aryl methyl sites for hydroxylation is 1. The van der Waals surface area contributed by atoms with E-state index in [1.807, 2.05) is 13.0 Å². The van der Waals surface area contributed by atoms with Gasteiger partial charge in [0, 0.05) is 18.0 Å². The molecule has 0 fully saturated rings. The maximum absolute atomic E-state index is 8.50. The van der Waals surface area contributed by atoms with Crippen LogP contribution in [0.1, 0.15) is 11.1 Å². The summed E-state index contributed by atoms with van der Waals surface area (Å²) in [5.41, 5.74) is 1.80. The summed E-state index contributed by atoms with van der Waals surface area (Å²) in [7, 11) is 0. The molecule has 0 unspecified atom stereocenters.